The number of hydrogen-bond acceptors (Lipinski definition) is 5. The minimum atomic E-state index is -0.120. The Morgan fingerprint density at radius 2 is 1.94 bits per heavy atom. The van der Waals surface area contributed by atoms with Gasteiger partial charge in [0, 0.05) is 12.6 Å². The van der Waals surface area contributed by atoms with Gasteiger partial charge in [0.05, 0.1) is 16.3 Å². The van der Waals surface area contributed by atoms with Gasteiger partial charge in [-0.2, -0.15) is 0 Å². The third-order valence-corrected chi connectivity index (χ3v) is 3.37. The van der Waals surface area contributed by atoms with Crippen molar-refractivity contribution in [2.24, 2.45) is 0 Å². The van der Waals surface area contributed by atoms with Gasteiger partial charge in [0.15, 0.2) is 5.13 Å². The Morgan fingerprint density at radius 3 is 2.56 bits per heavy atom. The highest BCUT2D eigenvalue weighted by Crippen LogP contribution is 2.31. The maximum absolute atomic E-state index is 11.0. The quantitative estimate of drug-likeness (QED) is 0.902. The number of aryl methyl sites for hydroxylation is 3. The molecule has 18 heavy (non-hydrogen) atoms. The molecule has 0 spiro atoms. The normalized spacial score (nSPS) is 10.4. The summed E-state index contributed by atoms with van der Waals surface area (Å²) in [6.07, 6.45) is 0. The van der Waals surface area contributed by atoms with Crippen molar-refractivity contribution in [2.75, 3.05) is 5.32 Å². The minimum Gasteiger partial charge on any atom is -0.302 e. The van der Waals surface area contributed by atoms with Crippen LogP contribution in [0.25, 0.3) is 10.6 Å². The first-order valence-electron chi connectivity index (χ1n) is 5.53. The van der Waals surface area contributed by atoms with Gasteiger partial charge in [-0.1, -0.05) is 11.3 Å². The van der Waals surface area contributed by atoms with E-state index in [1.807, 2.05) is 26.8 Å². The van der Waals surface area contributed by atoms with E-state index in [0.29, 0.717) is 5.13 Å². The third-order valence-electron chi connectivity index (χ3n) is 2.28. The molecule has 0 aliphatic heterocycles. The van der Waals surface area contributed by atoms with Gasteiger partial charge in [-0.05, 0) is 26.8 Å². The largest absolute Gasteiger partial charge is 0.302 e. The first-order chi connectivity index (χ1) is 8.45. The number of carbonyl (C=O) groups excluding carboxylic acids is 1. The molecule has 0 fully saturated rings. The number of aromatic nitrogens is 3. The summed E-state index contributed by atoms with van der Waals surface area (Å²) in [7, 11) is 0. The van der Waals surface area contributed by atoms with E-state index in [1.165, 1.54) is 18.3 Å². The molecular weight excluding hydrogens is 248 g/mol. The van der Waals surface area contributed by atoms with Gasteiger partial charge >= 0.3 is 0 Å². The number of anilines is 1. The maximum Gasteiger partial charge on any atom is 0.223 e. The van der Waals surface area contributed by atoms with Crippen molar-refractivity contribution >= 4 is 22.4 Å². The van der Waals surface area contributed by atoms with Crippen LogP contribution in [0.1, 0.15) is 24.1 Å². The van der Waals surface area contributed by atoms with Gasteiger partial charge in [-0.3, -0.25) is 4.79 Å². The summed E-state index contributed by atoms with van der Waals surface area (Å²) in [6, 6.07) is 1.92. The Bertz CT molecular complexity index is 586. The Balaban J connectivity index is 2.44. The van der Waals surface area contributed by atoms with Crippen molar-refractivity contribution in [3.63, 3.8) is 0 Å². The third kappa shape index (κ3) is 2.70. The summed E-state index contributed by atoms with van der Waals surface area (Å²) >= 11 is 1.42. The lowest BCUT2D eigenvalue weighted by Crippen LogP contribution is -2.04. The molecule has 94 valence electrons. The Labute approximate surface area is 109 Å². The van der Waals surface area contributed by atoms with E-state index in [4.69, 9.17) is 0 Å². The van der Waals surface area contributed by atoms with Gasteiger partial charge in [0.1, 0.15) is 5.82 Å². The molecular formula is C12H14N4OS. The molecule has 5 nitrogen and oxygen atoms in total. The molecule has 6 heteroatoms. The molecule has 2 aromatic heterocycles. The second-order valence-corrected chi connectivity index (χ2v) is 5.06. The lowest BCUT2D eigenvalue weighted by molar-refractivity contribution is -0.114. The fourth-order valence-electron chi connectivity index (χ4n) is 1.67. The van der Waals surface area contributed by atoms with Crippen molar-refractivity contribution in [3.05, 3.63) is 23.3 Å². The van der Waals surface area contributed by atoms with Crippen LogP contribution in [0.15, 0.2) is 6.07 Å². The van der Waals surface area contributed by atoms with Crippen LogP contribution in [0.4, 0.5) is 5.13 Å². The zero-order chi connectivity index (χ0) is 13.3. The number of nitrogens with zero attached hydrogens (tertiary/aromatic N) is 3. The molecule has 0 aromatic carbocycles. The van der Waals surface area contributed by atoms with Gasteiger partial charge in [0.2, 0.25) is 5.91 Å². The summed E-state index contributed by atoms with van der Waals surface area (Å²) in [5, 5.41) is 3.29. The average Bonchev–Trinajstić information content (AvgIpc) is 2.56. The Morgan fingerprint density at radius 1 is 1.22 bits per heavy atom. The fourth-order valence-corrected chi connectivity index (χ4v) is 2.64. The lowest BCUT2D eigenvalue weighted by Gasteiger charge is -2.01. The molecule has 0 atom stereocenters. The van der Waals surface area contributed by atoms with Crippen LogP contribution in [0, 0.1) is 20.8 Å². The summed E-state index contributed by atoms with van der Waals surface area (Å²) in [5.74, 6) is 0.615. The van der Waals surface area contributed by atoms with Gasteiger partial charge in [-0.25, -0.2) is 15.0 Å². The van der Waals surface area contributed by atoms with Crippen molar-refractivity contribution < 1.29 is 4.79 Å². The summed E-state index contributed by atoms with van der Waals surface area (Å²) in [5.41, 5.74) is 2.64. The predicted octanol–water partition coefficient (Wildman–Crippen LogP) is 2.48. The van der Waals surface area contributed by atoms with Crippen molar-refractivity contribution in [1.82, 2.24) is 15.0 Å². The molecule has 0 radical (unpaired) electrons. The zero-order valence-electron chi connectivity index (χ0n) is 10.7. The number of carbonyl (C=O) groups is 1. The highest BCUT2D eigenvalue weighted by Gasteiger charge is 2.12. The van der Waals surface area contributed by atoms with Crippen molar-refractivity contribution in [3.8, 4) is 10.6 Å². The predicted molar refractivity (Wildman–Crippen MR) is 71.7 cm³/mol. The van der Waals surface area contributed by atoms with Crippen LogP contribution in [0.5, 0.6) is 0 Å². The van der Waals surface area contributed by atoms with Crippen LogP contribution < -0.4 is 5.32 Å². The van der Waals surface area contributed by atoms with Crippen LogP contribution in [-0.2, 0) is 4.79 Å². The smallest absolute Gasteiger partial charge is 0.223 e. The van der Waals surface area contributed by atoms with E-state index < -0.39 is 0 Å². The molecule has 0 aliphatic rings. The number of rotatable bonds is 2. The average molecular weight is 262 g/mol. The molecule has 0 aliphatic carbocycles. The minimum absolute atomic E-state index is 0.120. The van der Waals surface area contributed by atoms with E-state index in [2.05, 4.69) is 20.3 Å². The number of nitrogens with one attached hydrogen (secondary N) is 1. The first kappa shape index (κ1) is 12.6. The Kier molecular flexibility index (Phi) is 3.38. The number of hydrogen-bond donors (Lipinski definition) is 1. The molecule has 1 N–H and O–H groups in total. The maximum atomic E-state index is 11.0. The second-order valence-electron chi connectivity index (χ2n) is 4.06. The summed E-state index contributed by atoms with van der Waals surface area (Å²) in [6.45, 7) is 7.17. The van der Waals surface area contributed by atoms with Gasteiger partial charge in [0.25, 0.3) is 0 Å². The fraction of sp³-hybridized carbons (Fsp3) is 0.333. The Hall–Kier alpha value is -1.82. The van der Waals surface area contributed by atoms with E-state index in [9.17, 15) is 4.79 Å². The zero-order valence-corrected chi connectivity index (χ0v) is 11.6. The first-order valence-corrected chi connectivity index (χ1v) is 6.35. The summed E-state index contributed by atoms with van der Waals surface area (Å²) in [4.78, 5) is 24.9. The monoisotopic (exact) mass is 262 g/mol. The summed E-state index contributed by atoms with van der Waals surface area (Å²) < 4.78 is 0. The molecule has 0 saturated heterocycles. The topological polar surface area (TPSA) is 67.8 Å². The van der Waals surface area contributed by atoms with E-state index in [0.717, 1.165) is 27.8 Å². The number of thiazole rings is 1. The molecule has 0 unspecified atom stereocenters. The molecule has 1 amide bonds. The van der Waals surface area contributed by atoms with E-state index in [1.54, 1.807) is 0 Å². The highest BCUT2D eigenvalue weighted by atomic mass is 32.1. The number of amides is 1. The van der Waals surface area contributed by atoms with Crippen LogP contribution in [0.3, 0.4) is 0 Å². The van der Waals surface area contributed by atoms with E-state index >= 15 is 0 Å². The van der Waals surface area contributed by atoms with Crippen molar-refractivity contribution in [1.29, 1.82) is 0 Å². The molecule has 2 aromatic rings. The van der Waals surface area contributed by atoms with Crippen LogP contribution in [-0.4, -0.2) is 20.9 Å². The lowest BCUT2D eigenvalue weighted by atomic mass is 10.2. The SMILES string of the molecule is CC(=O)Nc1nc(C)c(-c2cc(C)nc(C)n2)s1. The van der Waals surface area contributed by atoms with Crippen LogP contribution >= 0.6 is 11.3 Å². The van der Waals surface area contributed by atoms with E-state index in [-0.39, 0.29) is 5.91 Å². The molecule has 0 saturated carbocycles. The molecule has 0 bridgehead atoms. The standard InChI is InChI=1S/C12H14N4OS/c1-6-5-10(15-8(3)13-6)11-7(2)14-12(18-11)16-9(4)17/h5H,1-4H3,(H,14,16,17). The van der Waals surface area contributed by atoms with Gasteiger partial charge in [-0.15, -0.1) is 0 Å². The highest BCUT2D eigenvalue weighted by molar-refractivity contribution is 7.19. The second kappa shape index (κ2) is 4.81. The van der Waals surface area contributed by atoms with Crippen LogP contribution in [0.2, 0.25) is 0 Å². The molecule has 2 rings (SSSR count). The molecule has 2 heterocycles. The van der Waals surface area contributed by atoms with Gasteiger partial charge < -0.3 is 5.32 Å². The van der Waals surface area contributed by atoms with Crippen molar-refractivity contribution in [2.45, 2.75) is 27.7 Å².